The lowest BCUT2D eigenvalue weighted by molar-refractivity contribution is 0.195. The molecule has 0 amide bonds. The Morgan fingerprint density at radius 3 is 2.86 bits per heavy atom. The maximum atomic E-state index is 5.00. The molecule has 1 rings (SSSR count). The van der Waals surface area contributed by atoms with Crippen LogP contribution in [0.5, 0.6) is 0 Å². The molecule has 0 aliphatic carbocycles. The lowest BCUT2D eigenvalue weighted by atomic mass is 9.97. The van der Waals surface area contributed by atoms with Gasteiger partial charge in [-0.15, -0.1) is 0 Å². The molecular weight excluding hydrogens is 194 g/mol. The first kappa shape index (κ1) is 11.7. The minimum atomic E-state index is 0.500. The number of hydrogen-bond donors (Lipinski definition) is 1. The van der Waals surface area contributed by atoms with Crippen LogP contribution in [0.2, 0.25) is 0 Å². The van der Waals surface area contributed by atoms with Gasteiger partial charge in [-0.05, 0) is 35.2 Å². The molecule has 3 heteroatoms. The van der Waals surface area contributed by atoms with E-state index in [1.807, 2.05) is 0 Å². The first-order chi connectivity index (χ1) is 6.75. The summed E-state index contributed by atoms with van der Waals surface area (Å²) in [6.45, 7) is 6.18. The number of hydrogen-bond acceptors (Lipinski definition) is 3. The topological polar surface area (TPSA) is 21.3 Å². The van der Waals surface area contributed by atoms with E-state index in [0.717, 1.165) is 13.2 Å². The van der Waals surface area contributed by atoms with E-state index in [9.17, 15) is 0 Å². The molecule has 0 fully saturated rings. The van der Waals surface area contributed by atoms with Crippen LogP contribution in [0.15, 0.2) is 16.8 Å². The molecule has 0 spiro atoms. The summed E-state index contributed by atoms with van der Waals surface area (Å²) < 4.78 is 5.00. The molecule has 80 valence electrons. The minimum absolute atomic E-state index is 0.500. The second-order valence-corrected chi connectivity index (χ2v) is 4.36. The molecule has 2 unspecified atom stereocenters. The lowest BCUT2D eigenvalue weighted by Crippen LogP contribution is -2.33. The van der Waals surface area contributed by atoms with E-state index in [1.54, 1.807) is 18.4 Å². The number of rotatable bonds is 6. The summed E-state index contributed by atoms with van der Waals surface area (Å²) in [4.78, 5) is 0. The van der Waals surface area contributed by atoms with Crippen molar-refractivity contribution >= 4 is 11.3 Å². The van der Waals surface area contributed by atoms with Crippen LogP contribution in [0.1, 0.15) is 25.3 Å². The lowest BCUT2D eigenvalue weighted by Gasteiger charge is -2.20. The van der Waals surface area contributed by atoms with Gasteiger partial charge >= 0.3 is 0 Å². The van der Waals surface area contributed by atoms with E-state index in [2.05, 4.69) is 36.0 Å². The second kappa shape index (κ2) is 6.17. The Balaban J connectivity index is 2.33. The molecule has 1 aromatic heterocycles. The van der Waals surface area contributed by atoms with Crippen molar-refractivity contribution in [3.8, 4) is 0 Å². The van der Waals surface area contributed by atoms with Gasteiger partial charge in [0.15, 0.2) is 0 Å². The van der Waals surface area contributed by atoms with Gasteiger partial charge in [-0.2, -0.15) is 11.3 Å². The van der Waals surface area contributed by atoms with Gasteiger partial charge in [0.2, 0.25) is 0 Å². The fourth-order valence-corrected chi connectivity index (χ4v) is 2.15. The van der Waals surface area contributed by atoms with E-state index >= 15 is 0 Å². The summed E-state index contributed by atoms with van der Waals surface area (Å²) in [6.07, 6.45) is 0. The Kier molecular flexibility index (Phi) is 5.15. The standard InChI is InChI=1S/C11H19NOS/c1-9(11-4-7-14-8-11)10(2)12-5-6-13-3/h4,7-10,12H,5-6H2,1-3H3. The fraction of sp³-hybridized carbons (Fsp3) is 0.636. The van der Waals surface area contributed by atoms with Gasteiger partial charge in [0.05, 0.1) is 6.61 Å². The molecular formula is C11H19NOS. The number of nitrogens with one attached hydrogen (secondary N) is 1. The Morgan fingerprint density at radius 2 is 2.29 bits per heavy atom. The third-order valence-electron chi connectivity index (χ3n) is 2.59. The van der Waals surface area contributed by atoms with Gasteiger partial charge < -0.3 is 10.1 Å². The van der Waals surface area contributed by atoms with Gasteiger partial charge in [-0.25, -0.2) is 0 Å². The summed E-state index contributed by atoms with van der Waals surface area (Å²) >= 11 is 1.76. The quantitative estimate of drug-likeness (QED) is 0.733. The minimum Gasteiger partial charge on any atom is -0.383 e. The summed E-state index contributed by atoms with van der Waals surface area (Å²) in [7, 11) is 1.73. The van der Waals surface area contributed by atoms with Crippen LogP contribution in [0, 0.1) is 0 Å². The van der Waals surface area contributed by atoms with Crippen LogP contribution in [0.4, 0.5) is 0 Å². The Bertz CT molecular complexity index is 235. The summed E-state index contributed by atoms with van der Waals surface area (Å²) in [6, 6.07) is 2.70. The molecule has 0 bridgehead atoms. The first-order valence-corrected chi connectivity index (χ1v) is 5.94. The summed E-state index contributed by atoms with van der Waals surface area (Å²) in [5.41, 5.74) is 1.42. The zero-order valence-electron chi connectivity index (χ0n) is 9.12. The zero-order valence-corrected chi connectivity index (χ0v) is 9.93. The molecule has 1 aromatic rings. The van der Waals surface area contributed by atoms with Crippen molar-refractivity contribution in [1.29, 1.82) is 0 Å². The normalized spacial score (nSPS) is 15.4. The Labute approximate surface area is 90.3 Å². The van der Waals surface area contributed by atoms with Crippen molar-refractivity contribution in [3.63, 3.8) is 0 Å². The molecule has 14 heavy (non-hydrogen) atoms. The number of thiophene rings is 1. The van der Waals surface area contributed by atoms with Crippen molar-refractivity contribution in [2.75, 3.05) is 20.3 Å². The van der Waals surface area contributed by atoms with Crippen molar-refractivity contribution in [2.24, 2.45) is 0 Å². The summed E-state index contributed by atoms with van der Waals surface area (Å²) in [5.74, 6) is 0.568. The highest BCUT2D eigenvalue weighted by molar-refractivity contribution is 7.07. The third kappa shape index (κ3) is 3.40. The van der Waals surface area contributed by atoms with Crippen LogP contribution in [-0.4, -0.2) is 26.3 Å². The average Bonchev–Trinajstić information content (AvgIpc) is 2.69. The molecule has 2 atom stereocenters. The van der Waals surface area contributed by atoms with Crippen molar-refractivity contribution in [1.82, 2.24) is 5.32 Å². The van der Waals surface area contributed by atoms with Crippen LogP contribution in [0.25, 0.3) is 0 Å². The van der Waals surface area contributed by atoms with E-state index in [1.165, 1.54) is 5.56 Å². The van der Waals surface area contributed by atoms with Gasteiger partial charge in [0, 0.05) is 19.7 Å². The highest BCUT2D eigenvalue weighted by Gasteiger charge is 2.13. The van der Waals surface area contributed by atoms with Crippen LogP contribution < -0.4 is 5.32 Å². The van der Waals surface area contributed by atoms with Crippen LogP contribution in [-0.2, 0) is 4.74 Å². The van der Waals surface area contributed by atoms with Crippen LogP contribution >= 0.6 is 11.3 Å². The fourth-order valence-electron chi connectivity index (χ4n) is 1.39. The molecule has 0 saturated heterocycles. The predicted octanol–water partition coefficient (Wildman–Crippen LogP) is 2.48. The first-order valence-electron chi connectivity index (χ1n) is 5.00. The predicted molar refractivity (Wildman–Crippen MR) is 62.1 cm³/mol. The van der Waals surface area contributed by atoms with Gasteiger partial charge in [-0.3, -0.25) is 0 Å². The molecule has 1 N–H and O–H groups in total. The summed E-state index contributed by atoms with van der Waals surface area (Å²) in [5, 5.41) is 7.81. The molecule has 1 heterocycles. The van der Waals surface area contributed by atoms with E-state index in [4.69, 9.17) is 4.74 Å². The molecule has 0 saturated carbocycles. The van der Waals surface area contributed by atoms with Crippen LogP contribution in [0.3, 0.4) is 0 Å². The highest BCUT2D eigenvalue weighted by Crippen LogP contribution is 2.21. The monoisotopic (exact) mass is 213 g/mol. The Hall–Kier alpha value is -0.380. The number of ether oxygens (including phenoxy) is 1. The highest BCUT2D eigenvalue weighted by atomic mass is 32.1. The molecule has 2 nitrogen and oxygen atoms in total. The van der Waals surface area contributed by atoms with Crippen molar-refractivity contribution < 1.29 is 4.74 Å². The third-order valence-corrected chi connectivity index (χ3v) is 3.29. The second-order valence-electron chi connectivity index (χ2n) is 3.58. The van der Waals surface area contributed by atoms with Crippen molar-refractivity contribution in [2.45, 2.75) is 25.8 Å². The maximum Gasteiger partial charge on any atom is 0.0587 e. The number of methoxy groups -OCH3 is 1. The Morgan fingerprint density at radius 1 is 1.50 bits per heavy atom. The van der Waals surface area contributed by atoms with E-state index in [0.29, 0.717) is 12.0 Å². The molecule has 0 aliphatic rings. The smallest absolute Gasteiger partial charge is 0.0587 e. The molecule has 0 radical (unpaired) electrons. The largest absolute Gasteiger partial charge is 0.383 e. The van der Waals surface area contributed by atoms with Crippen molar-refractivity contribution in [3.05, 3.63) is 22.4 Å². The maximum absolute atomic E-state index is 5.00. The molecule has 0 aromatic carbocycles. The zero-order chi connectivity index (χ0) is 10.4. The average molecular weight is 213 g/mol. The SMILES string of the molecule is COCCNC(C)C(C)c1ccsc1. The van der Waals surface area contributed by atoms with Gasteiger partial charge in [-0.1, -0.05) is 6.92 Å². The molecule has 0 aliphatic heterocycles. The van der Waals surface area contributed by atoms with E-state index in [-0.39, 0.29) is 0 Å². The van der Waals surface area contributed by atoms with Gasteiger partial charge in [0.25, 0.3) is 0 Å². The van der Waals surface area contributed by atoms with Gasteiger partial charge in [0.1, 0.15) is 0 Å². The van der Waals surface area contributed by atoms with E-state index < -0.39 is 0 Å².